The van der Waals surface area contributed by atoms with E-state index in [4.69, 9.17) is 9.73 Å². The van der Waals surface area contributed by atoms with Crippen molar-refractivity contribution in [1.82, 2.24) is 15.5 Å². The number of hydrogen-bond donors (Lipinski definition) is 2. The Morgan fingerprint density at radius 3 is 2.43 bits per heavy atom. The number of nitrogens with one attached hydrogen (secondary N) is 2. The highest BCUT2D eigenvalue weighted by Crippen LogP contribution is 2.31. The van der Waals surface area contributed by atoms with E-state index in [2.05, 4.69) is 29.4 Å². The lowest BCUT2D eigenvalue weighted by Crippen LogP contribution is -2.54. The molecule has 0 aromatic rings. The van der Waals surface area contributed by atoms with E-state index < -0.39 is 0 Å². The second kappa shape index (κ2) is 11.5. The van der Waals surface area contributed by atoms with Gasteiger partial charge in [-0.1, -0.05) is 13.3 Å². The number of aliphatic imine (C=N–C) groups is 1. The van der Waals surface area contributed by atoms with Gasteiger partial charge in [-0.05, 0) is 52.1 Å². The minimum Gasteiger partial charge on any atom is -0.381 e. The standard InChI is InChI=1S/C17H34N4O.HI/c1-3-5-10-19-16(18-4-2)20-15-17(8-13-22-14-9-17)21-11-6-7-12-21;/h3-15H2,1-2H3,(H2,18,19,20);1H. The number of ether oxygens (including phenoxy) is 1. The second-order valence-electron chi connectivity index (χ2n) is 6.51. The zero-order valence-corrected chi connectivity index (χ0v) is 17.2. The second-order valence-corrected chi connectivity index (χ2v) is 6.51. The monoisotopic (exact) mass is 438 g/mol. The summed E-state index contributed by atoms with van der Waals surface area (Å²) in [5.41, 5.74) is 0.224. The van der Waals surface area contributed by atoms with Crippen molar-refractivity contribution in [2.24, 2.45) is 4.99 Å². The van der Waals surface area contributed by atoms with E-state index in [1.165, 1.54) is 38.8 Å². The highest BCUT2D eigenvalue weighted by molar-refractivity contribution is 14.0. The van der Waals surface area contributed by atoms with Gasteiger partial charge in [0.25, 0.3) is 0 Å². The lowest BCUT2D eigenvalue weighted by Gasteiger charge is -2.43. The Morgan fingerprint density at radius 2 is 1.83 bits per heavy atom. The minimum atomic E-state index is 0. The molecule has 2 N–H and O–H groups in total. The summed E-state index contributed by atoms with van der Waals surface area (Å²) in [7, 11) is 0. The van der Waals surface area contributed by atoms with Crippen LogP contribution in [0.2, 0.25) is 0 Å². The summed E-state index contributed by atoms with van der Waals surface area (Å²) in [4.78, 5) is 7.60. The van der Waals surface area contributed by atoms with Crippen LogP contribution in [0.15, 0.2) is 4.99 Å². The van der Waals surface area contributed by atoms with Crippen molar-refractivity contribution < 1.29 is 4.74 Å². The molecule has 2 fully saturated rings. The fraction of sp³-hybridized carbons (Fsp3) is 0.941. The van der Waals surface area contributed by atoms with E-state index in [1.807, 2.05) is 0 Å². The zero-order chi connectivity index (χ0) is 15.7. The molecule has 0 radical (unpaired) electrons. The van der Waals surface area contributed by atoms with Crippen LogP contribution >= 0.6 is 24.0 Å². The summed E-state index contributed by atoms with van der Waals surface area (Å²) in [5, 5.41) is 6.84. The normalized spacial score (nSPS) is 21.7. The van der Waals surface area contributed by atoms with Crippen molar-refractivity contribution in [2.45, 2.75) is 57.9 Å². The molecule has 136 valence electrons. The molecule has 0 saturated carbocycles. The van der Waals surface area contributed by atoms with Crippen molar-refractivity contribution in [3.63, 3.8) is 0 Å². The maximum absolute atomic E-state index is 5.61. The number of likely N-dealkylation sites (tertiary alicyclic amines) is 1. The van der Waals surface area contributed by atoms with Gasteiger partial charge < -0.3 is 15.4 Å². The van der Waals surface area contributed by atoms with Gasteiger partial charge in [-0.25, -0.2) is 0 Å². The minimum absolute atomic E-state index is 0. The van der Waals surface area contributed by atoms with Crippen molar-refractivity contribution in [1.29, 1.82) is 0 Å². The van der Waals surface area contributed by atoms with E-state index in [0.717, 1.165) is 51.6 Å². The first kappa shape index (κ1) is 21.0. The predicted molar refractivity (Wildman–Crippen MR) is 108 cm³/mol. The Kier molecular flexibility index (Phi) is 10.5. The molecule has 0 amide bonds. The molecular weight excluding hydrogens is 403 g/mol. The molecule has 0 bridgehead atoms. The van der Waals surface area contributed by atoms with Gasteiger partial charge in [0.2, 0.25) is 0 Å². The van der Waals surface area contributed by atoms with Crippen molar-refractivity contribution >= 4 is 29.9 Å². The maximum Gasteiger partial charge on any atom is 0.191 e. The quantitative estimate of drug-likeness (QED) is 0.278. The molecule has 0 spiro atoms. The summed E-state index contributed by atoms with van der Waals surface area (Å²) in [6.45, 7) is 11.4. The van der Waals surface area contributed by atoms with Crippen molar-refractivity contribution in [2.75, 3.05) is 45.9 Å². The van der Waals surface area contributed by atoms with E-state index in [-0.39, 0.29) is 29.5 Å². The van der Waals surface area contributed by atoms with Crippen LogP contribution in [0.5, 0.6) is 0 Å². The molecule has 0 unspecified atom stereocenters. The Labute approximate surface area is 159 Å². The van der Waals surface area contributed by atoms with Gasteiger partial charge in [-0.3, -0.25) is 9.89 Å². The predicted octanol–water partition coefficient (Wildman–Crippen LogP) is 2.60. The molecule has 5 nitrogen and oxygen atoms in total. The third-order valence-corrected chi connectivity index (χ3v) is 4.90. The third kappa shape index (κ3) is 6.38. The largest absolute Gasteiger partial charge is 0.381 e. The molecule has 6 heteroatoms. The summed E-state index contributed by atoms with van der Waals surface area (Å²) < 4.78 is 5.61. The molecule has 0 aromatic carbocycles. The van der Waals surface area contributed by atoms with Crippen LogP contribution in [0.3, 0.4) is 0 Å². The van der Waals surface area contributed by atoms with E-state index in [1.54, 1.807) is 0 Å². The molecule has 2 rings (SSSR count). The number of halogens is 1. The van der Waals surface area contributed by atoms with Crippen LogP contribution in [0, 0.1) is 0 Å². The van der Waals surface area contributed by atoms with Gasteiger partial charge >= 0.3 is 0 Å². The third-order valence-electron chi connectivity index (χ3n) is 4.90. The van der Waals surface area contributed by atoms with Crippen LogP contribution < -0.4 is 10.6 Å². The number of guanidine groups is 1. The molecule has 2 heterocycles. The van der Waals surface area contributed by atoms with Crippen LogP contribution in [-0.2, 0) is 4.74 Å². The first-order valence-electron chi connectivity index (χ1n) is 9.16. The van der Waals surface area contributed by atoms with E-state index >= 15 is 0 Å². The number of rotatable bonds is 7. The van der Waals surface area contributed by atoms with Gasteiger partial charge in [0.1, 0.15) is 0 Å². The van der Waals surface area contributed by atoms with Gasteiger partial charge in [0, 0.05) is 31.8 Å². The average Bonchev–Trinajstić information content (AvgIpc) is 3.09. The highest BCUT2D eigenvalue weighted by Gasteiger charge is 2.39. The molecule has 2 aliphatic rings. The average molecular weight is 438 g/mol. The van der Waals surface area contributed by atoms with E-state index in [0.29, 0.717) is 0 Å². The Bertz CT molecular complexity index is 339. The van der Waals surface area contributed by atoms with Gasteiger partial charge in [-0.2, -0.15) is 0 Å². The Hall–Kier alpha value is -0.0800. The molecule has 2 aliphatic heterocycles. The summed E-state index contributed by atoms with van der Waals surface area (Å²) in [6, 6.07) is 0. The van der Waals surface area contributed by atoms with Crippen LogP contribution in [-0.4, -0.2) is 62.3 Å². The van der Waals surface area contributed by atoms with Crippen molar-refractivity contribution in [3.05, 3.63) is 0 Å². The summed E-state index contributed by atoms with van der Waals surface area (Å²) in [6.07, 6.45) is 7.30. The number of unbranched alkanes of at least 4 members (excludes halogenated alkanes) is 1. The van der Waals surface area contributed by atoms with Gasteiger partial charge in [0.15, 0.2) is 5.96 Å². The SMILES string of the molecule is CCCCNC(=NCC1(N2CCCC2)CCOCC1)NCC.I. The molecular formula is C17H35IN4O. The summed E-state index contributed by atoms with van der Waals surface area (Å²) in [5.74, 6) is 0.973. The topological polar surface area (TPSA) is 48.9 Å². The maximum atomic E-state index is 5.61. The fourth-order valence-electron chi connectivity index (χ4n) is 3.47. The molecule has 0 atom stereocenters. The number of hydrogen-bond acceptors (Lipinski definition) is 3. The number of nitrogens with zero attached hydrogens (tertiary/aromatic N) is 2. The smallest absolute Gasteiger partial charge is 0.191 e. The van der Waals surface area contributed by atoms with Crippen LogP contribution in [0.1, 0.15) is 52.4 Å². The van der Waals surface area contributed by atoms with Crippen LogP contribution in [0.25, 0.3) is 0 Å². The van der Waals surface area contributed by atoms with Gasteiger partial charge in [-0.15, -0.1) is 24.0 Å². The summed E-state index contributed by atoms with van der Waals surface area (Å²) >= 11 is 0. The molecule has 2 saturated heterocycles. The van der Waals surface area contributed by atoms with E-state index in [9.17, 15) is 0 Å². The lowest BCUT2D eigenvalue weighted by molar-refractivity contribution is -0.0139. The first-order valence-corrected chi connectivity index (χ1v) is 9.16. The Morgan fingerprint density at radius 1 is 1.13 bits per heavy atom. The molecule has 23 heavy (non-hydrogen) atoms. The fourth-order valence-corrected chi connectivity index (χ4v) is 3.47. The lowest BCUT2D eigenvalue weighted by atomic mass is 9.88. The first-order chi connectivity index (χ1) is 10.8. The van der Waals surface area contributed by atoms with Crippen molar-refractivity contribution in [3.8, 4) is 0 Å². The Balaban J connectivity index is 0.00000264. The molecule has 0 aliphatic carbocycles. The van der Waals surface area contributed by atoms with Crippen LogP contribution in [0.4, 0.5) is 0 Å². The van der Waals surface area contributed by atoms with Gasteiger partial charge in [0.05, 0.1) is 6.54 Å². The molecule has 0 aromatic heterocycles. The zero-order valence-electron chi connectivity index (χ0n) is 14.9. The highest BCUT2D eigenvalue weighted by atomic mass is 127.